The van der Waals surface area contributed by atoms with Gasteiger partial charge in [0.25, 0.3) is 11.8 Å². The number of hydrogen-bond donors (Lipinski definition) is 2. The molecule has 10 heteroatoms. The summed E-state index contributed by atoms with van der Waals surface area (Å²) in [6.07, 6.45) is 0.121. The monoisotopic (exact) mass is 508 g/mol. The van der Waals surface area contributed by atoms with Crippen molar-refractivity contribution in [1.29, 1.82) is 0 Å². The number of rotatable bonds is 5. The lowest BCUT2D eigenvalue weighted by Gasteiger charge is -2.59. The number of amides is 2. The molecule has 180 valence electrons. The molecule has 34 heavy (non-hydrogen) atoms. The summed E-state index contributed by atoms with van der Waals surface area (Å²) in [5.41, 5.74) is 0.597. The van der Waals surface area contributed by atoms with E-state index in [4.69, 9.17) is 32.7 Å². The summed E-state index contributed by atoms with van der Waals surface area (Å²) >= 11 is 11.6. The Morgan fingerprint density at radius 3 is 2.71 bits per heavy atom. The van der Waals surface area contributed by atoms with Crippen LogP contribution >= 0.6 is 23.2 Å². The lowest BCUT2D eigenvalue weighted by molar-refractivity contribution is -0.156. The smallest absolute Gasteiger partial charge is 0.261 e. The van der Waals surface area contributed by atoms with Gasteiger partial charge in [-0.2, -0.15) is 0 Å². The third-order valence-corrected chi connectivity index (χ3v) is 7.24. The van der Waals surface area contributed by atoms with E-state index in [1.807, 2.05) is 0 Å². The van der Waals surface area contributed by atoms with Gasteiger partial charge in [-0.3, -0.25) is 9.59 Å². The summed E-state index contributed by atoms with van der Waals surface area (Å²) in [5.74, 6) is -0.311. The first-order chi connectivity index (χ1) is 16.2. The highest BCUT2D eigenvalue weighted by Gasteiger charge is 2.54. The number of nitrogens with one attached hydrogen (secondary N) is 1. The molecule has 1 aliphatic carbocycles. The van der Waals surface area contributed by atoms with Gasteiger partial charge in [0, 0.05) is 47.6 Å². The zero-order valence-corrected chi connectivity index (χ0v) is 19.6. The number of nitrogens with zero attached hydrogens (tertiary/aromatic N) is 1. The van der Waals surface area contributed by atoms with Gasteiger partial charge >= 0.3 is 0 Å². The fourth-order valence-corrected chi connectivity index (χ4v) is 5.26. The molecule has 2 N–H and O–H groups in total. The van der Waals surface area contributed by atoms with E-state index in [1.165, 1.54) is 12.1 Å². The van der Waals surface area contributed by atoms with Gasteiger partial charge in [-0.1, -0.05) is 23.2 Å². The standard InChI is InChI=1S/C24H23Cl2FN2O5/c25-13-1-4-20-16(5-13)19(30)7-21(34-20)23(32)28-14-8-24(9-14)11-29(12-24)22(31)10-33-15-2-3-17(26)18(27)6-15/h1-6,14,19,21,30H,7-12H2,(H,28,32)/t19-,21-/m1/s1. The lowest BCUT2D eigenvalue weighted by atomic mass is 9.60. The maximum absolute atomic E-state index is 13.5. The van der Waals surface area contributed by atoms with E-state index in [0.29, 0.717) is 29.4 Å². The van der Waals surface area contributed by atoms with Crippen LogP contribution in [0.25, 0.3) is 0 Å². The molecular weight excluding hydrogens is 486 g/mol. The summed E-state index contributed by atoms with van der Waals surface area (Å²) in [4.78, 5) is 26.7. The van der Waals surface area contributed by atoms with Crippen LogP contribution in [0.5, 0.6) is 11.5 Å². The second-order valence-electron chi connectivity index (χ2n) is 9.27. The quantitative estimate of drug-likeness (QED) is 0.645. The average molecular weight is 509 g/mol. The van der Waals surface area contributed by atoms with E-state index in [0.717, 1.165) is 18.9 Å². The van der Waals surface area contributed by atoms with Crippen LogP contribution in [-0.4, -0.2) is 53.7 Å². The number of aliphatic hydroxyl groups excluding tert-OH is 1. The maximum atomic E-state index is 13.5. The van der Waals surface area contributed by atoms with Gasteiger partial charge in [0.05, 0.1) is 11.1 Å². The van der Waals surface area contributed by atoms with Crippen molar-refractivity contribution in [3.8, 4) is 11.5 Å². The normalized spacial score (nSPS) is 22.8. The third kappa shape index (κ3) is 4.54. The molecule has 2 amide bonds. The molecule has 0 aromatic heterocycles. The fourth-order valence-electron chi connectivity index (χ4n) is 4.96. The lowest BCUT2D eigenvalue weighted by Crippen LogP contribution is -2.68. The number of benzene rings is 2. The van der Waals surface area contributed by atoms with Crippen molar-refractivity contribution >= 4 is 35.0 Å². The van der Waals surface area contributed by atoms with Crippen LogP contribution in [-0.2, 0) is 9.59 Å². The topological polar surface area (TPSA) is 88.1 Å². The summed E-state index contributed by atoms with van der Waals surface area (Å²) < 4.78 is 24.6. The Morgan fingerprint density at radius 2 is 1.97 bits per heavy atom. The molecule has 0 radical (unpaired) electrons. The molecule has 2 aromatic carbocycles. The maximum Gasteiger partial charge on any atom is 0.261 e. The molecule has 7 nitrogen and oxygen atoms in total. The first-order valence-electron chi connectivity index (χ1n) is 11.0. The molecule has 2 aromatic rings. The molecule has 2 heterocycles. The summed E-state index contributed by atoms with van der Waals surface area (Å²) in [6, 6.07) is 9.01. The van der Waals surface area contributed by atoms with Crippen LogP contribution in [0.15, 0.2) is 36.4 Å². The zero-order chi connectivity index (χ0) is 24.0. The van der Waals surface area contributed by atoms with Gasteiger partial charge in [0.2, 0.25) is 0 Å². The Balaban J connectivity index is 1.05. The molecule has 1 spiro atoms. The Kier molecular flexibility index (Phi) is 6.08. The van der Waals surface area contributed by atoms with E-state index >= 15 is 0 Å². The molecule has 0 unspecified atom stereocenters. The van der Waals surface area contributed by atoms with E-state index in [9.17, 15) is 19.1 Å². The van der Waals surface area contributed by atoms with Gasteiger partial charge < -0.3 is 24.8 Å². The number of carbonyl (C=O) groups is 2. The number of fused-ring (bicyclic) bond motifs is 1. The summed E-state index contributed by atoms with van der Waals surface area (Å²) in [5, 5.41) is 13.9. The fraction of sp³-hybridized carbons (Fsp3) is 0.417. The minimum atomic E-state index is -0.816. The van der Waals surface area contributed by atoms with Crippen molar-refractivity contribution < 1.29 is 28.6 Å². The van der Waals surface area contributed by atoms with Gasteiger partial charge in [0.1, 0.15) is 17.3 Å². The van der Waals surface area contributed by atoms with Gasteiger partial charge in [-0.25, -0.2) is 4.39 Å². The van der Waals surface area contributed by atoms with Crippen molar-refractivity contribution in [2.75, 3.05) is 19.7 Å². The number of carbonyl (C=O) groups excluding carboxylic acids is 2. The number of likely N-dealkylation sites (tertiary alicyclic amines) is 1. The van der Waals surface area contributed by atoms with Crippen LogP contribution in [0.4, 0.5) is 4.39 Å². The van der Waals surface area contributed by atoms with Crippen molar-refractivity contribution in [2.24, 2.45) is 5.41 Å². The molecule has 5 rings (SSSR count). The van der Waals surface area contributed by atoms with Crippen LogP contribution in [0.1, 0.15) is 30.9 Å². The SMILES string of the molecule is O=C(NC1CC2(C1)CN(C(=O)COc1ccc(Cl)c(F)c1)C2)[C@H]1C[C@@H](O)c2cc(Cl)ccc2O1. The van der Waals surface area contributed by atoms with Crippen LogP contribution in [0.3, 0.4) is 0 Å². The Bertz CT molecular complexity index is 1130. The summed E-state index contributed by atoms with van der Waals surface area (Å²) in [7, 11) is 0. The molecule has 1 saturated carbocycles. The van der Waals surface area contributed by atoms with E-state index < -0.39 is 18.0 Å². The van der Waals surface area contributed by atoms with Gasteiger partial charge in [-0.15, -0.1) is 0 Å². The van der Waals surface area contributed by atoms with Crippen molar-refractivity contribution in [3.05, 3.63) is 57.8 Å². The van der Waals surface area contributed by atoms with E-state index in [2.05, 4.69) is 5.32 Å². The minimum absolute atomic E-state index is 0.00375. The molecule has 2 atom stereocenters. The molecule has 2 aliphatic heterocycles. The second-order valence-corrected chi connectivity index (χ2v) is 10.1. The molecule has 0 bridgehead atoms. The first kappa shape index (κ1) is 23.2. The molecular formula is C24H23Cl2FN2O5. The zero-order valence-electron chi connectivity index (χ0n) is 18.1. The van der Waals surface area contributed by atoms with Crippen LogP contribution in [0, 0.1) is 11.2 Å². The number of halogens is 3. The van der Waals surface area contributed by atoms with Crippen LogP contribution < -0.4 is 14.8 Å². The van der Waals surface area contributed by atoms with Crippen molar-refractivity contribution in [1.82, 2.24) is 10.2 Å². The third-order valence-electron chi connectivity index (χ3n) is 6.69. The predicted octanol–water partition coefficient (Wildman–Crippen LogP) is 3.50. The summed E-state index contributed by atoms with van der Waals surface area (Å²) in [6.45, 7) is 1.03. The number of ether oxygens (including phenoxy) is 2. The molecule has 2 fully saturated rings. The largest absolute Gasteiger partial charge is 0.484 e. The predicted molar refractivity (Wildman–Crippen MR) is 123 cm³/mol. The highest BCUT2D eigenvalue weighted by molar-refractivity contribution is 6.31. The van der Waals surface area contributed by atoms with E-state index in [-0.39, 0.29) is 47.1 Å². The first-order valence-corrected chi connectivity index (χ1v) is 11.8. The number of hydrogen-bond acceptors (Lipinski definition) is 5. The Morgan fingerprint density at radius 1 is 1.21 bits per heavy atom. The van der Waals surface area contributed by atoms with Crippen molar-refractivity contribution in [2.45, 2.75) is 37.5 Å². The van der Waals surface area contributed by atoms with Crippen molar-refractivity contribution in [3.63, 3.8) is 0 Å². The Hall–Kier alpha value is -2.55. The Labute approximate surface area is 205 Å². The minimum Gasteiger partial charge on any atom is -0.484 e. The highest BCUT2D eigenvalue weighted by atomic mass is 35.5. The number of aliphatic hydroxyl groups is 1. The van der Waals surface area contributed by atoms with Crippen LogP contribution in [0.2, 0.25) is 10.0 Å². The average Bonchev–Trinajstić information content (AvgIpc) is 2.75. The molecule has 3 aliphatic rings. The van der Waals surface area contributed by atoms with Gasteiger partial charge in [0.15, 0.2) is 12.7 Å². The highest BCUT2D eigenvalue weighted by Crippen LogP contribution is 2.48. The van der Waals surface area contributed by atoms with E-state index in [1.54, 1.807) is 23.1 Å². The van der Waals surface area contributed by atoms with Gasteiger partial charge in [-0.05, 0) is 43.2 Å². The molecule has 1 saturated heterocycles. The second kappa shape index (κ2) is 8.91.